The maximum atomic E-state index is 10.5. The van der Waals surface area contributed by atoms with Gasteiger partial charge in [-0.15, -0.1) is 0 Å². The molecule has 0 aliphatic rings. The third-order valence-electron chi connectivity index (χ3n) is 2.10. The average molecular weight is 269 g/mol. The van der Waals surface area contributed by atoms with E-state index in [0.29, 0.717) is 12.3 Å². The van der Waals surface area contributed by atoms with Crippen molar-refractivity contribution in [1.82, 2.24) is 4.90 Å². The van der Waals surface area contributed by atoms with Crippen LogP contribution in [0.1, 0.15) is 0 Å². The van der Waals surface area contributed by atoms with E-state index in [9.17, 15) is 10.1 Å². The number of nitro benzene ring substituents is 1. The highest BCUT2D eigenvalue weighted by molar-refractivity contribution is 7.80. The van der Waals surface area contributed by atoms with Gasteiger partial charge in [0.25, 0.3) is 10.9 Å². The SMILES string of the molecule is CN(C)CCOC(=S)Nc1ccc([N+](=O)[O-])cc1. The first-order valence-electron chi connectivity index (χ1n) is 5.32. The van der Waals surface area contributed by atoms with Gasteiger partial charge in [0, 0.05) is 24.4 Å². The molecule has 0 radical (unpaired) electrons. The molecule has 0 fully saturated rings. The van der Waals surface area contributed by atoms with Crippen LogP contribution in [0.15, 0.2) is 24.3 Å². The summed E-state index contributed by atoms with van der Waals surface area (Å²) in [6.07, 6.45) is 0. The number of likely N-dealkylation sites (N-methyl/N-ethyl adjacent to an activating group) is 1. The molecular weight excluding hydrogens is 254 g/mol. The molecule has 0 aliphatic carbocycles. The first-order valence-corrected chi connectivity index (χ1v) is 5.73. The molecule has 1 aromatic rings. The Labute approximate surface area is 111 Å². The zero-order valence-electron chi connectivity index (χ0n) is 10.3. The second-order valence-electron chi connectivity index (χ2n) is 3.87. The smallest absolute Gasteiger partial charge is 0.269 e. The fraction of sp³-hybridized carbons (Fsp3) is 0.364. The van der Waals surface area contributed by atoms with Crippen molar-refractivity contribution in [2.75, 3.05) is 32.6 Å². The molecule has 0 saturated heterocycles. The minimum atomic E-state index is -0.449. The summed E-state index contributed by atoms with van der Waals surface area (Å²) in [6.45, 7) is 1.26. The van der Waals surface area contributed by atoms with Gasteiger partial charge in [-0.2, -0.15) is 0 Å². The van der Waals surface area contributed by atoms with Crippen LogP contribution in [0.25, 0.3) is 0 Å². The van der Waals surface area contributed by atoms with Crippen LogP contribution < -0.4 is 5.32 Å². The van der Waals surface area contributed by atoms with E-state index in [-0.39, 0.29) is 10.9 Å². The Bertz CT molecular complexity index is 420. The topological polar surface area (TPSA) is 67.6 Å². The van der Waals surface area contributed by atoms with Crippen LogP contribution in [0, 0.1) is 10.1 Å². The summed E-state index contributed by atoms with van der Waals surface area (Å²) in [5.41, 5.74) is 0.704. The molecule has 98 valence electrons. The van der Waals surface area contributed by atoms with Crippen molar-refractivity contribution in [2.24, 2.45) is 0 Å². The maximum Gasteiger partial charge on any atom is 0.269 e. The molecular formula is C11H15N3O3S. The molecule has 7 heteroatoms. The fourth-order valence-corrected chi connectivity index (χ4v) is 1.34. The maximum absolute atomic E-state index is 10.5. The van der Waals surface area contributed by atoms with Gasteiger partial charge in [0.05, 0.1) is 4.92 Å². The molecule has 0 spiro atoms. The number of nitrogens with zero attached hydrogens (tertiary/aromatic N) is 2. The normalized spacial score (nSPS) is 10.2. The van der Waals surface area contributed by atoms with Crippen LogP contribution in [0.3, 0.4) is 0 Å². The van der Waals surface area contributed by atoms with Crippen molar-refractivity contribution in [1.29, 1.82) is 0 Å². The number of ether oxygens (including phenoxy) is 1. The van der Waals surface area contributed by atoms with Crippen LogP contribution in [-0.4, -0.2) is 42.2 Å². The lowest BCUT2D eigenvalue weighted by molar-refractivity contribution is -0.384. The van der Waals surface area contributed by atoms with E-state index in [0.717, 1.165) is 6.54 Å². The van der Waals surface area contributed by atoms with Crippen molar-refractivity contribution in [3.63, 3.8) is 0 Å². The number of benzene rings is 1. The minimum Gasteiger partial charge on any atom is -0.469 e. The number of thiocarbonyl (C=S) groups is 1. The van der Waals surface area contributed by atoms with E-state index >= 15 is 0 Å². The number of nitrogens with one attached hydrogen (secondary N) is 1. The van der Waals surface area contributed by atoms with Crippen molar-refractivity contribution < 1.29 is 9.66 Å². The van der Waals surface area contributed by atoms with Gasteiger partial charge in [-0.25, -0.2) is 0 Å². The number of non-ortho nitro benzene ring substituents is 1. The zero-order chi connectivity index (χ0) is 13.5. The largest absolute Gasteiger partial charge is 0.469 e. The van der Waals surface area contributed by atoms with Gasteiger partial charge in [0.2, 0.25) is 0 Å². The van der Waals surface area contributed by atoms with Gasteiger partial charge in [-0.3, -0.25) is 10.1 Å². The molecule has 0 saturated carbocycles. The molecule has 0 heterocycles. The van der Waals surface area contributed by atoms with Gasteiger partial charge < -0.3 is 15.0 Å². The molecule has 0 aliphatic heterocycles. The van der Waals surface area contributed by atoms with E-state index in [4.69, 9.17) is 17.0 Å². The van der Waals surface area contributed by atoms with Crippen LogP contribution in [0.5, 0.6) is 0 Å². The Morgan fingerprint density at radius 2 is 2.06 bits per heavy atom. The van der Waals surface area contributed by atoms with Gasteiger partial charge in [-0.05, 0) is 38.4 Å². The van der Waals surface area contributed by atoms with Gasteiger partial charge in [0.15, 0.2) is 0 Å². The van der Waals surface area contributed by atoms with E-state index in [1.54, 1.807) is 12.1 Å². The Morgan fingerprint density at radius 1 is 1.44 bits per heavy atom. The Kier molecular flexibility index (Phi) is 5.47. The number of nitro groups is 1. The zero-order valence-corrected chi connectivity index (χ0v) is 11.1. The number of hydrogen-bond acceptors (Lipinski definition) is 5. The number of anilines is 1. The lowest BCUT2D eigenvalue weighted by Crippen LogP contribution is -2.22. The van der Waals surface area contributed by atoms with E-state index in [1.165, 1.54) is 12.1 Å². The molecule has 1 rings (SSSR count). The molecule has 0 atom stereocenters. The van der Waals surface area contributed by atoms with Crippen LogP contribution in [0.4, 0.5) is 11.4 Å². The van der Waals surface area contributed by atoms with Gasteiger partial charge in [0.1, 0.15) is 6.61 Å². The summed E-state index contributed by atoms with van der Waals surface area (Å²) < 4.78 is 5.28. The lowest BCUT2D eigenvalue weighted by atomic mass is 10.3. The Balaban J connectivity index is 2.42. The monoisotopic (exact) mass is 269 g/mol. The Morgan fingerprint density at radius 3 is 2.56 bits per heavy atom. The summed E-state index contributed by atoms with van der Waals surface area (Å²) >= 11 is 4.99. The highest BCUT2D eigenvalue weighted by atomic mass is 32.1. The molecule has 1 N–H and O–H groups in total. The predicted molar refractivity (Wildman–Crippen MR) is 73.8 cm³/mol. The number of hydrogen-bond donors (Lipinski definition) is 1. The Hall–Kier alpha value is -1.73. The van der Waals surface area contributed by atoms with Crippen molar-refractivity contribution in [3.8, 4) is 0 Å². The summed E-state index contributed by atoms with van der Waals surface area (Å²) in [4.78, 5) is 12.0. The van der Waals surface area contributed by atoms with E-state index in [1.807, 2.05) is 19.0 Å². The predicted octanol–water partition coefficient (Wildman–Crippen LogP) is 1.87. The van der Waals surface area contributed by atoms with E-state index < -0.39 is 4.92 Å². The molecule has 6 nitrogen and oxygen atoms in total. The summed E-state index contributed by atoms with van der Waals surface area (Å²) in [5, 5.41) is 13.6. The summed E-state index contributed by atoms with van der Waals surface area (Å²) in [6, 6.07) is 5.98. The molecule has 0 bridgehead atoms. The first kappa shape index (κ1) is 14.3. The van der Waals surface area contributed by atoms with Crippen LogP contribution in [0.2, 0.25) is 0 Å². The third-order valence-corrected chi connectivity index (χ3v) is 2.32. The number of rotatable bonds is 5. The standard InChI is InChI=1S/C11H15N3O3S/c1-13(2)7-8-17-11(18)12-9-3-5-10(6-4-9)14(15)16/h3-6H,7-8H2,1-2H3,(H,12,18). The molecule has 1 aromatic carbocycles. The second kappa shape index (κ2) is 6.87. The summed E-state index contributed by atoms with van der Waals surface area (Å²) in [7, 11) is 3.88. The highest BCUT2D eigenvalue weighted by Gasteiger charge is 2.05. The molecule has 0 aromatic heterocycles. The van der Waals surface area contributed by atoms with E-state index in [2.05, 4.69) is 5.32 Å². The highest BCUT2D eigenvalue weighted by Crippen LogP contribution is 2.15. The minimum absolute atomic E-state index is 0.0417. The lowest BCUT2D eigenvalue weighted by Gasteiger charge is -2.12. The van der Waals surface area contributed by atoms with Crippen LogP contribution >= 0.6 is 12.2 Å². The average Bonchev–Trinajstić information content (AvgIpc) is 2.29. The van der Waals surface area contributed by atoms with Gasteiger partial charge >= 0.3 is 0 Å². The molecule has 18 heavy (non-hydrogen) atoms. The van der Waals surface area contributed by atoms with Crippen LogP contribution in [-0.2, 0) is 4.74 Å². The molecule has 0 amide bonds. The van der Waals surface area contributed by atoms with Crippen molar-refractivity contribution >= 4 is 28.8 Å². The third kappa shape index (κ3) is 5.07. The summed E-state index contributed by atoms with van der Waals surface area (Å²) in [5.74, 6) is 0. The first-order chi connectivity index (χ1) is 8.49. The van der Waals surface area contributed by atoms with Crippen molar-refractivity contribution in [3.05, 3.63) is 34.4 Å². The van der Waals surface area contributed by atoms with Crippen molar-refractivity contribution in [2.45, 2.75) is 0 Å². The fourth-order valence-electron chi connectivity index (χ4n) is 1.14. The molecule has 0 unspecified atom stereocenters. The quantitative estimate of drug-likeness (QED) is 0.500. The second-order valence-corrected chi connectivity index (χ2v) is 4.24. The van der Waals surface area contributed by atoms with Gasteiger partial charge in [-0.1, -0.05) is 0 Å².